The van der Waals surface area contributed by atoms with Gasteiger partial charge in [-0.1, -0.05) is 17.7 Å². The highest BCUT2D eigenvalue weighted by atomic mass is 35.5. The number of halogens is 1. The van der Waals surface area contributed by atoms with Gasteiger partial charge in [-0.15, -0.1) is 11.3 Å². The van der Waals surface area contributed by atoms with Crippen LogP contribution < -0.4 is 11.1 Å². The number of benzene rings is 1. The van der Waals surface area contributed by atoms with Crippen molar-refractivity contribution in [2.75, 3.05) is 18.9 Å². The van der Waals surface area contributed by atoms with Gasteiger partial charge in [0.2, 0.25) is 0 Å². The molecular formula is C15H17ClN2O2S. The maximum Gasteiger partial charge on any atom is 0.263 e. The van der Waals surface area contributed by atoms with Gasteiger partial charge >= 0.3 is 0 Å². The molecule has 1 aromatic heterocycles. The van der Waals surface area contributed by atoms with Gasteiger partial charge < -0.3 is 15.8 Å². The Kier molecular flexibility index (Phi) is 4.06. The van der Waals surface area contributed by atoms with Crippen LogP contribution in [-0.2, 0) is 4.74 Å². The summed E-state index contributed by atoms with van der Waals surface area (Å²) >= 11 is 7.55. The minimum atomic E-state index is -0.135. The van der Waals surface area contributed by atoms with Crippen molar-refractivity contribution < 1.29 is 9.53 Å². The van der Waals surface area contributed by atoms with Crippen molar-refractivity contribution in [2.45, 2.75) is 19.4 Å². The summed E-state index contributed by atoms with van der Waals surface area (Å²) in [6.45, 7) is 3.48. The Labute approximate surface area is 132 Å². The minimum Gasteiger partial charge on any atom is -0.397 e. The number of nitrogen functional groups attached to an aromatic ring is 1. The minimum absolute atomic E-state index is 0.0695. The van der Waals surface area contributed by atoms with Gasteiger partial charge in [0.1, 0.15) is 4.88 Å². The van der Waals surface area contributed by atoms with Gasteiger partial charge in [0.05, 0.1) is 17.3 Å². The number of carbonyl (C=O) groups excluding carboxylic acids is 1. The van der Waals surface area contributed by atoms with Crippen LogP contribution in [0.5, 0.6) is 0 Å². The summed E-state index contributed by atoms with van der Waals surface area (Å²) in [5, 5.41) is 4.38. The van der Waals surface area contributed by atoms with Crippen molar-refractivity contribution in [1.82, 2.24) is 5.32 Å². The van der Waals surface area contributed by atoms with Crippen LogP contribution in [0.15, 0.2) is 18.2 Å². The third kappa shape index (κ3) is 2.73. The quantitative estimate of drug-likeness (QED) is 0.910. The van der Waals surface area contributed by atoms with Crippen molar-refractivity contribution in [1.29, 1.82) is 0 Å². The monoisotopic (exact) mass is 324 g/mol. The van der Waals surface area contributed by atoms with Crippen molar-refractivity contribution in [3.63, 3.8) is 0 Å². The number of ether oxygens (including phenoxy) is 1. The van der Waals surface area contributed by atoms with Crippen LogP contribution in [0.3, 0.4) is 0 Å². The molecule has 4 nitrogen and oxygen atoms in total. The third-order valence-corrected chi connectivity index (χ3v) is 5.42. The number of nitrogens with two attached hydrogens (primary N) is 1. The average Bonchev–Trinajstić information content (AvgIpc) is 3.07. The van der Waals surface area contributed by atoms with Crippen molar-refractivity contribution in [3.05, 3.63) is 28.1 Å². The molecule has 2 aromatic rings. The number of amides is 1. The largest absolute Gasteiger partial charge is 0.397 e. The lowest BCUT2D eigenvalue weighted by molar-refractivity contribution is 0.0927. The summed E-state index contributed by atoms with van der Waals surface area (Å²) < 4.78 is 6.29. The first-order valence-corrected chi connectivity index (χ1v) is 8.12. The molecule has 112 valence electrons. The molecule has 0 saturated carbocycles. The van der Waals surface area contributed by atoms with Gasteiger partial charge in [-0.25, -0.2) is 0 Å². The molecule has 0 bridgehead atoms. The number of carbonyl (C=O) groups is 1. The molecule has 6 heteroatoms. The van der Waals surface area contributed by atoms with E-state index in [1.54, 1.807) is 6.07 Å². The Morgan fingerprint density at radius 1 is 1.57 bits per heavy atom. The number of rotatable bonds is 3. The van der Waals surface area contributed by atoms with E-state index in [2.05, 4.69) is 5.32 Å². The SMILES string of the molecule is CC(NC(=O)c1sc2cccc(Cl)c2c1N)C1CCOC1. The van der Waals surface area contributed by atoms with E-state index in [0.717, 1.165) is 23.1 Å². The second-order valence-electron chi connectivity index (χ2n) is 5.34. The second-order valence-corrected chi connectivity index (χ2v) is 6.80. The van der Waals surface area contributed by atoms with Crippen LogP contribution in [0, 0.1) is 5.92 Å². The predicted molar refractivity (Wildman–Crippen MR) is 87.1 cm³/mol. The molecule has 2 atom stereocenters. The summed E-state index contributed by atoms with van der Waals surface area (Å²) in [6.07, 6.45) is 0.981. The smallest absolute Gasteiger partial charge is 0.263 e. The fourth-order valence-electron chi connectivity index (χ4n) is 2.64. The molecule has 0 spiro atoms. The summed E-state index contributed by atoms with van der Waals surface area (Å²) in [4.78, 5) is 13.0. The summed E-state index contributed by atoms with van der Waals surface area (Å²) in [5.74, 6) is 0.234. The molecule has 1 aliphatic heterocycles. The van der Waals surface area contributed by atoms with E-state index >= 15 is 0 Å². The average molecular weight is 325 g/mol. The molecule has 3 rings (SSSR count). The molecule has 0 aliphatic carbocycles. The Balaban J connectivity index is 1.84. The molecule has 1 aromatic carbocycles. The highest BCUT2D eigenvalue weighted by Crippen LogP contribution is 2.38. The molecule has 3 N–H and O–H groups in total. The van der Waals surface area contributed by atoms with E-state index in [1.807, 2.05) is 19.1 Å². The number of hydrogen-bond acceptors (Lipinski definition) is 4. The van der Waals surface area contributed by atoms with Crippen molar-refractivity contribution >= 4 is 44.6 Å². The number of anilines is 1. The van der Waals surface area contributed by atoms with E-state index in [9.17, 15) is 4.79 Å². The van der Waals surface area contributed by atoms with Crippen LogP contribution in [0.4, 0.5) is 5.69 Å². The zero-order valence-electron chi connectivity index (χ0n) is 11.7. The molecule has 2 heterocycles. The molecule has 1 saturated heterocycles. The van der Waals surface area contributed by atoms with Gasteiger partial charge in [0, 0.05) is 28.7 Å². The fourth-order valence-corrected chi connectivity index (χ4v) is 4.02. The topological polar surface area (TPSA) is 64.4 Å². The molecule has 1 aliphatic rings. The second kappa shape index (κ2) is 5.83. The summed E-state index contributed by atoms with van der Waals surface area (Å²) in [7, 11) is 0. The van der Waals surface area contributed by atoms with Crippen molar-refractivity contribution in [2.24, 2.45) is 5.92 Å². The lowest BCUT2D eigenvalue weighted by Gasteiger charge is -2.18. The first-order valence-electron chi connectivity index (χ1n) is 6.93. The van der Waals surface area contributed by atoms with Crippen molar-refractivity contribution in [3.8, 4) is 0 Å². The van der Waals surface area contributed by atoms with Gasteiger partial charge in [-0.3, -0.25) is 4.79 Å². The zero-order chi connectivity index (χ0) is 15.0. The number of fused-ring (bicyclic) bond motifs is 1. The van der Waals surface area contributed by atoms with E-state index in [1.165, 1.54) is 11.3 Å². The summed E-state index contributed by atoms with van der Waals surface area (Å²) in [5.41, 5.74) is 6.58. The Hall–Kier alpha value is -1.30. The fraction of sp³-hybridized carbons (Fsp3) is 0.400. The van der Waals surface area contributed by atoms with E-state index in [4.69, 9.17) is 22.1 Å². The van der Waals surface area contributed by atoms with Gasteiger partial charge in [-0.2, -0.15) is 0 Å². The highest BCUT2D eigenvalue weighted by molar-refractivity contribution is 7.21. The van der Waals surface area contributed by atoms with Crippen LogP contribution in [0.25, 0.3) is 10.1 Å². The number of thiophene rings is 1. The molecule has 1 amide bonds. The maximum absolute atomic E-state index is 12.4. The standard InChI is InChI=1S/C15H17ClN2O2S/c1-8(9-5-6-20-7-9)18-15(19)14-13(17)12-10(16)3-2-4-11(12)21-14/h2-4,8-9H,5-7,17H2,1H3,(H,18,19). The van der Waals surface area contributed by atoms with Gasteiger partial charge in [0.15, 0.2) is 0 Å². The van der Waals surface area contributed by atoms with Gasteiger partial charge in [-0.05, 0) is 25.5 Å². The van der Waals surface area contributed by atoms with E-state index < -0.39 is 0 Å². The lowest BCUT2D eigenvalue weighted by atomic mass is 10.0. The normalized spacial score (nSPS) is 19.8. The third-order valence-electron chi connectivity index (χ3n) is 3.94. The Morgan fingerprint density at radius 2 is 2.38 bits per heavy atom. The van der Waals surface area contributed by atoms with Crippen LogP contribution in [0.2, 0.25) is 5.02 Å². The Morgan fingerprint density at radius 3 is 3.05 bits per heavy atom. The number of nitrogens with one attached hydrogen (secondary N) is 1. The highest BCUT2D eigenvalue weighted by Gasteiger charge is 2.25. The molecule has 21 heavy (non-hydrogen) atoms. The van der Waals surface area contributed by atoms with Crippen LogP contribution >= 0.6 is 22.9 Å². The first-order chi connectivity index (χ1) is 10.1. The number of hydrogen-bond donors (Lipinski definition) is 2. The zero-order valence-corrected chi connectivity index (χ0v) is 13.3. The Bertz CT molecular complexity index is 680. The lowest BCUT2D eigenvalue weighted by Crippen LogP contribution is -2.38. The molecule has 2 unspecified atom stereocenters. The van der Waals surface area contributed by atoms with E-state index in [0.29, 0.717) is 28.1 Å². The maximum atomic E-state index is 12.4. The first kappa shape index (κ1) is 14.6. The van der Waals surface area contributed by atoms with Crippen LogP contribution in [-0.4, -0.2) is 25.2 Å². The molecule has 1 fully saturated rings. The molecular weight excluding hydrogens is 308 g/mol. The van der Waals surface area contributed by atoms with Gasteiger partial charge in [0.25, 0.3) is 5.91 Å². The van der Waals surface area contributed by atoms with Crippen LogP contribution in [0.1, 0.15) is 23.0 Å². The predicted octanol–water partition coefficient (Wildman–Crippen LogP) is 3.29. The summed E-state index contributed by atoms with van der Waals surface area (Å²) in [6, 6.07) is 5.64. The van der Waals surface area contributed by atoms with E-state index in [-0.39, 0.29) is 11.9 Å². The molecule has 0 radical (unpaired) electrons.